The van der Waals surface area contributed by atoms with Crippen LogP contribution >= 0.6 is 0 Å². The number of ether oxygens (including phenoxy) is 2. The molecule has 0 aromatic carbocycles. The SMILES string of the molecule is Cc1ccnc2c1OCC1(COC1)N2. The van der Waals surface area contributed by atoms with Crippen LogP contribution < -0.4 is 10.1 Å². The van der Waals surface area contributed by atoms with Gasteiger partial charge in [-0.2, -0.15) is 0 Å². The molecule has 0 radical (unpaired) electrons. The molecular weight excluding hydrogens is 180 g/mol. The number of nitrogens with one attached hydrogen (secondary N) is 1. The lowest BCUT2D eigenvalue weighted by Gasteiger charge is -2.44. The summed E-state index contributed by atoms with van der Waals surface area (Å²) in [5, 5.41) is 3.39. The van der Waals surface area contributed by atoms with Crippen LogP contribution in [0.5, 0.6) is 5.75 Å². The number of rotatable bonds is 0. The molecule has 3 heterocycles. The van der Waals surface area contributed by atoms with Crippen LogP contribution in [0.25, 0.3) is 0 Å². The average Bonchev–Trinajstić information content (AvgIpc) is 2.15. The van der Waals surface area contributed by atoms with Crippen molar-refractivity contribution in [2.45, 2.75) is 12.5 Å². The van der Waals surface area contributed by atoms with E-state index >= 15 is 0 Å². The topological polar surface area (TPSA) is 43.4 Å². The van der Waals surface area contributed by atoms with E-state index in [4.69, 9.17) is 9.47 Å². The lowest BCUT2D eigenvalue weighted by molar-refractivity contribution is -0.0648. The van der Waals surface area contributed by atoms with Crippen LogP contribution in [0.2, 0.25) is 0 Å². The molecule has 1 fully saturated rings. The van der Waals surface area contributed by atoms with Crippen LogP contribution in [0.4, 0.5) is 5.82 Å². The molecule has 0 unspecified atom stereocenters. The number of nitrogens with zero attached hydrogens (tertiary/aromatic N) is 1. The van der Waals surface area contributed by atoms with Gasteiger partial charge >= 0.3 is 0 Å². The van der Waals surface area contributed by atoms with Crippen LogP contribution in [0.3, 0.4) is 0 Å². The maximum atomic E-state index is 5.71. The largest absolute Gasteiger partial charge is 0.487 e. The number of aromatic nitrogens is 1. The van der Waals surface area contributed by atoms with Gasteiger partial charge in [-0.1, -0.05) is 0 Å². The van der Waals surface area contributed by atoms with E-state index in [0.717, 1.165) is 17.1 Å². The molecule has 1 spiro atoms. The molecule has 0 amide bonds. The zero-order valence-corrected chi connectivity index (χ0v) is 8.04. The molecule has 0 atom stereocenters. The van der Waals surface area contributed by atoms with Crippen molar-refractivity contribution in [1.29, 1.82) is 0 Å². The number of pyridine rings is 1. The van der Waals surface area contributed by atoms with Gasteiger partial charge in [0.05, 0.1) is 13.2 Å². The molecule has 14 heavy (non-hydrogen) atoms. The molecule has 0 saturated carbocycles. The quantitative estimate of drug-likeness (QED) is 0.665. The lowest BCUT2D eigenvalue weighted by Crippen LogP contribution is -2.61. The Morgan fingerprint density at radius 1 is 1.43 bits per heavy atom. The molecule has 1 aromatic heterocycles. The maximum absolute atomic E-state index is 5.71. The van der Waals surface area contributed by atoms with Gasteiger partial charge in [0.1, 0.15) is 12.1 Å². The van der Waals surface area contributed by atoms with Crippen LogP contribution in [-0.2, 0) is 4.74 Å². The molecule has 0 bridgehead atoms. The van der Waals surface area contributed by atoms with Crippen molar-refractivity contribution in [3.63, 3.8) is 0 Å². The summed E-state index contributed by atoms with van der Waals surface area (Å²) in [5.74, 6) is 1.73. The smallest absolute Gasteiger partial charge is 0.169 e. The minimum atomic E-state index is -0.0200. The first-order valence-electron chi connectivity index (χ1n) is 4.73. The summed E-state index contributed by atoms with van der Waals surface area (Å²) in [6.45, 7) is 4.12. The van der Waals surface area contributed by atoms with Crippen LogP contribution in [-0.4, -0.2) is 30.3 Å². The average molecular weight is 192 g/mol. The molecule has 4 heteroatoms. The number of fused-ring (bicyclic) bond motifs is 1. The van der Waals surface area contributed by atoms with Crippen molar-refractivity contribution >= 4 is 5.82 Å². The summed E-state index contributed by atoms with van der Waals surface area (Å²) in [5.41, 5.74) is 1.10. The molecule has 4 nitrogen and oxygen atoms in total. The summed E-state index contributed by atoms with van der Waals surface area (Å²) in [6.07, 6.45) is 1.79. The third kappa shape index (κ3) is 1.00. The maximum Gasteiger partial charge on any atom is 0.169 e. The van der Waals surface area contributed by atoms with Gasteiger partial charge in [-0.15, -0.1) is 0 Å². The third-order valence-electron chi connectivity index (χ3n) is 2.73. The second-order valence-corrected chi connectivity index (χ2v) is 3.99. The van der Waals surface area contributed by atoms with E-state index in [9.17, 15) is 0 Å². The summed E-state index contributed by atoms with van der Waals surface area (Å²) in [4.78, 5) is 4.27. The van der Waals surface area contributed by atoms with Gasteiger partial charge in [-0.05, 0) is 18.6 Å². The fourth-order valence-electron chi connectivity index (χ4n) is 1.82. The van der Waals surface area contributed by atoms with Gasteiger partial charge in [-0.3, -0.25) is 0 Å². The third-order valence-corrected chi connectivity index (χ3v) is 2.73. The Hall–Kier alpha value is -1.29. The highest BCUT2D eigenvalue weighted by molar-refractivity contribution is 5.57. The predicted octanol–water partition coefficient (Wildman–Crippen LogP) is 0.963. The van der Waals surface area contributed by atoms with E-state index in [1.807, 2.05) is 13.0 Å². The Kier molecular flexibility index (Phi) is 1.50. The summed E-state index contributed by atoms with van der Waals surface area (Å²) in [7, 11) is 0. The first kappa shape index (κ1) is 8.05. The van der Waals surface area contributed by atoms with E-state index in [1.54, 1.807) is 6.20 Å². The Balaban J connectivity index is 1.98. The number of hydrogen-bond donors (Lipinski definition) is 1. The number of anilines is 1. The van der Waals surface area contributed by atoms with E-state index in [2.05, 4.69) is 10.3 Å². The Morgan fingerprint density at radius 3 is 3.00 bits per heavy atom. The molecule has 1 N–H and O–H groups in total. The predicted molar refractivity (Wildman–Crippen MR) is 51.6 cm³/mol. The van der Waals surface area contributed by atoms with E-state index in [-0.39, 0.29) is 5.54 Å². The van der Waals surface area contributed by atoms with Gasteiger partial charge in [0, 0.05) is 6.20 Å². The Morgan fingerprint density at radius 2 is 2.29 bits per heavy atom. The molecule has 74 valence electrons. The molecular formula is C10H12N2O2. The Bertz CT molecular complexity index is 374. The van der Waals surface area contributed by atoms with Crippen LogP contribution in [0.15, 0.2) is 12.3 Å². The fourth-order valence-corrected chi connectivity index (χ4v) is 1.82. The van der Waals surface area contributed by atoms with Crippen molar-refractivity contribution in [2.24, 2.45) is 0 Å². The minimum Gasteiger partial charge on any atom is -0.487 e. The summed E-state index contributed by atoms with van der Waals surface area (Å²) >= 11 is 0. The van der Waals surface area contributed by atoms with Crippen molar-refractivity contribution in [3.8, 4) is 5.75 Å². The monoisotopic (exact) mass is 192 g/mol. The molecule has 2 aliphatic heterocycles. The highest BCUT2D eigenvalue weighted by atomic mass is 16.5. The number of hydrogen-bond acceptors (Lipinski definition) is 4. The summed E-state index contributed by atoms with van der Waals surface area (Å²) in [6, 6.07) is 1.95. The molecule has 0 aliphatic carbocycles. The molecule has 1 aromatic rings. The second kappa shape index (κ2) is 2.60. The highest BCUT2D eigenvalue weighted by Crippen LogP contribution is 2.35. The van der Waals surface area contributed by atoms with Crippen molar-refractivity contribution in [1.82, 2.24) is 4.98 Å². The van der Waals surface area contributed by atoms with Crippen molar-refractivity contribution < 1.29 is 9.47 Å². The highest BCUT2D eigenvalue weighted by Gasteiger charge is 2.43. The van der Waals surface area contributed by atoms with Gasteiger partial charge in [-0.25, -0.2) is 4.98 Å². The van der Waals surface area contributed by atoms with Crippen LogP contribution in [0, 0.1) is 6.92 Å². The standard InChI is InChI=1S/C10H12N2O2/c1-7-2-3-11-9-8(7)14-6-10(12-9)4-13-5-10/h2-3H,4-6H2,1H3,(H,11,12). The van der Waals surface area contributed by atoms with Crippen molar-refractivity contribution in [2.75, 3.05) is 25.1 Å². The van der Waals surface area contributed by atoms with Gasteiger partial charge < -0.3 is 14.8 Å². The first-order valence-corrected chi connectivity index (χ1v) is 4.73. The van der Waals surface area contributed by atoms with Gasteiger partial charge in [0.25, 0.3) is 0 Å². The van der Waals surface area contributed by atoms with E-state index in [1.165, 1.54) is 0 Å². The Labute approximate surface area is 82.2 Å². The molecule has 3 rings (SSSR count). The first-order chi connectivity index (χ1) is 6.79. The van der Waals surface area contributed by atoms with E-state index < -0.39 is 0 Å². The zero-order chi connectivity index (χ0) is 9.60. The number of aryl methyl sites for hydroxylation is 1. The van der Waals surface area contributed by atoms with Gasteiger partial charge in [0.15, 0.2) is 11.6 Å². The summed E-state index contributed by atoms with van der Waals surface area (Å²) < 4.78 is 10.9. The van der Waals surface area contributed by atoms with Crippen molar-refractivity contribution in [3.05, 3.63) is 17.8 Å². The fraction of sp³-hybridized carbons (Fsp3) is 0.500. The zero-order valence-electron chi connectivity index (χ0n) is 8.04. The minimum absolute atomic E-state index is 0.0200. The molecule has 1 saturated heterocycles. The second-order valence-electron chi connectivity index (χ2n) is 3.99. The lowest BCUT2D eigenvalue weighted by atomic mass is 9.97. The van der Waals surface area contributed by atoms with Gasteiger partial charge in [0.2, 0.25) is 0 Å². The van der Waals surface area contributed by atoms with Crippen LogP contribution in [0.1, 0.15) is 5.56 Å². The molecule has 2 aliphatic rings. The van der Waals surface area contributed by atoms with E-state index in [0.29, 0.717) is 19.8 Å². The normalized spacial score (nSPS) is 21.8.